The lowest BCUT2D eigenvalue weighted by Crippen LogP contribution is -2.15. The zero-order valence-electron chi connectivity index (χ0n) is 15.5. The van der Waals surface area contributed by atoms with Gasteiger partial charge in [-0.25, -0.2) is 9.37 Å². The Hall–Kier alpha value is -2.91. The zero-order valence-corrected chi connectivity index (χ0v) is 17.1. The molecule has 0 aliphatic carbocycles. The average Bonchev–Trinajstić information content (AvgIpc) is 3.13. The van der Waals surface area contributed by atoms with Crippen molar-refractivity contribution >= 4 is 46.3 Å². The third-order valence-electron chi connectivity index (χ3n) is 3.66. The van der Waals surface area contributed by atoms with Crippen LogP contribution in [0.1, 0.15) is 5.69 Å². The number of amides is 2. The van der Waals surface area contributed by atoms with E-state index in [0.717, 1.165) is 0 Å². The van der Waals surface area contributed by atoms with Gasteiger partial charge >= 0.3 is 0 Å². The number of carbonyl (C=O) groups excluding carboxylic acids is 2. The highest BCUT2D eigenvalue weighted by Crippen LogP contribution is 2.24. The second-order valence-electron chi connectivity index (χ2n) is 5.91. The number of nitrogens with one attached hydrogen (secondary N) is 2. The molecule has 1 heterocycles. The topological polar surface area (TPSA) is 80.3 Å². The monoisotopic (exact) mass is 431 g/mol. The molecular formula is C20H18FN3O3S2. The number of thiazole rings is 1. The molecule has 0 aliphatic rings. The first kappa shape index (κ1) is 20.8. The molecule has 0 radical (unpaired) electrons. The second kappa shape index (κ2) is 10.0. The summed E-state index contributed by atoms with van der Waals surface area (Å²) in [4.78, 5) is 28.5. The summed E-state index contributed by atoms with van der Waals surface area (Å²) < 4.78 is 19.0. The molecule has 0 bridgehead atoms. The fourth-order valence-corrected chi connectivity index (χ4v) is 4.04. The molecule has 0 unspecified atom stereocenters. The highest BCUT2D eigenvalue weighted by atomic mass is 32.2. The summed E-state index contributed by atoms with van der Waals surface area (Å²) in [6.45, 7) is 0. The number of carbonyl (C=O) groups is 2. The number of hydrogen-bond acceptors (Lipinski definition) is 6. The Morgan fingerprint density at radius 2 is 1.83 bits per heavy atom. The third-order valence-corrected chi connectivity index (χ3v) is 5.73. The molecular weight excluding hydrogens is 413 g/mol. The first-order chi connectivity index (χ1) is 14.0. The minimum Gasteiger partial charge on any atom is -0.497 e. The van der Waals surface area contributed by atoms with Crippen molar-refractivity contribution in [3.8, 4) is 5.75 Å². The van der Waals surface area contributed by atoms with Crippen molar-refractivity contribution in [3.05, 3.63) is 65.4 Å². The quantitative estimate of drug-likeness (QED) is 0.523. The summed E-state index contributed by atoms with van der Waals surface area (Å²) in [5.74, 6) is -0.00407. The van der Waals surface area contributed by atoms with E-state index in [1.807, 2.05) is 0 Å². The first-order valence-electron chi connectivity index (χ1n) is 8.58. The number of hydrogen-bond donors (Lipinski definition) is 2. The van der Waals surface area contributed by atoms with Crippen molar-refractivity contribution in [3.63, 3.8) is 0 Å². The van der Waals surface area contributed by atoms with Gasteiger partial charge in [-0.1, -0.05) is 23.9 Å². The Balaban J connectivity index is 1.47. The normalized spacial score (nSPS) is 10.4. The van der Waals surface area contributed by atoms with Gasteiger partial charge in [-0.2, -0.15) is 0 Å². The third kappa shape index (κ3) is 6.58. The van der Waals surface area contributed by atoms with Crippen LogP contribution in [0.4, 0.5) is 15.8 Å². The van der Waals surface area contributed by atoms with Gasteiger partial charge < -0.3 is 15.4 Å². The van der Waals surface area contributed by atoms with Gasteiger partial charge in [0.2, 0.25) is 11.8 Å². The van der Waals surface area contributed by atoms with Gasteiger partial charge in [-0.3, -0.25) is 9.59 Å². The highest BCUT2D eigenvalue weighted by molar-refractivity contribution is 8.01. The van der Waals surface area contributed by atoms with E-state index in [1.165, 1.54) is 41.3 Å². The van der Waals surface area contributed by atoms with E-state index in [4.69, 9.17) is 4.74 Å². The van der Waals surface area contributed by atoms with Crippen LogP contribution in [-0.4, -0.2) is 29.7 Å². The molecule has 0 aliphatic heterocycles. The van der Waals surface area contributed by atoms with Gasteiger partial charge in [0.15, 0.2) is 4.34 Å². The summed E-state index contributed by atoms with van der Waals surface area (Å²) in [6, 6.07) is 12.8. The van der Waals surface area contributed by atoms with Crippen LogP contribution in [0.3, 0.4) is 0 Å². The SMILES string of the molecule is COc1cccc(NC(=O)CSc2nc(CC(=O)Nc3cccc(F)c3)cs2)c1. The van der Waals surface area contributed by atoms with Crippen molar-refractivity contribution in [2.24, 2.45) is 0 Å². The fraction of sp³-hybridized carbons (Fsp3) is 0.150. The number of rotatable bonds is 8. The van der Waals surface area contributed by atoms with E-state index >= 15 is 0 Å². The lowest BCUT2D eigenvalue weighted by Gasteiger charge is -2.06. The van der Waals surface area contributed by atoms with E-state index in [-0.39, 0.29) is 24.0 Å². The van der Waals surface area contributed by atoms with Crippen molar-refractivity contribution in [1.82, 2.24) is 4.98 Å². The fourth-order valence-electron chi connectivity index (χ4n) is 2.40. The number of aromatic nitrogens is 1. The van der Waals surface area contributed by atoms with E-state index < -0.39 is 5.82 Å². The van der Waals surface area contributed by atoms with Crippen molar-refractivity contribution in [1.29, 1.82) is 0 Å². The molecule has 2 aromatic carbocycles. The van der Waals surface area contributed by atoms with Crippen LogP contribution >= 0.6 is 23.1 Å². The molecule has 0 atom stereocenters. The van der Waals surface area contributed by atoms with E-state index in [9.17, 15) is 14.0 Å². The predicted octanol–water partition coefficient (Wildman–Crippen LogP) is 4.20. The van der Waals surface area contributed by atoms with E-state index in [1.54, 1.807) is 42.8 Å². The Bertz CT molecular complexity index is 1010. The Morgan fingerprint density at radius 1 is 1.10 bits per heavy atom. The van der Waals surface area contributed by atoms with Crippen molar-refractivity contribution < 1.29 is 18.7 Å². The van der Waals surface area contributed by atoms with E-state index in [2.05, 4.69) is 15.6 Å². The van der Waals surface area contributed by atoms with Gasteiger partial charge in [0, 0.05) is 22.8 Å². The van der Waals surface area contributed by atoms with Crippen LogP contribution in [0.15, 0.2) is 58.3 Å². The molecule has 3 aromatic rings. The molecule has 9 heteroatoms. The Kier molecular flexibility index (Phi) is 7.20. The van der Waals surface area contributed by atoms with Crippen LogP contribution in [-0.2, 0) is 16.0 Å². The highest BCUT2D eigenvalue weighted by Gasteiger charge is 2.11. The second-order valence-corrected chi connectivity index (χ2v) is 7.99. The molecule has 0 spiro atoms. The van der Waals surface area contributed by atoms with Crippen LogP contribution < -0.4 is 15.4 Å². The Labute approximate surface area is 175 Å². The van der Waals surface area contributed by atoms with Crippen LogP contribution in [0.5, 0.6) is 5.75 Å². The number of benzene rings is 2. The number of methoxy groups -OCH3 is 1. The number of thioether (sulfide) groups is 1. The molecule has 2 amide bonds. The largest absolute Gasteiger partial charge is 0.497 e. The van der Waals surface area contributed by atoms with Gasteiger partial charge in [0.25, 0.3) is 0 Å². The number of halogens is 1. The van der Waals surface area contributed by atoms with E-state index in [0.29, 0.717) is 27.2 Å². The molecule has 2 N–H and O–H groups in total. The van der Waals surface area contributed by atoms with Crippen LogP contribution in [0.25, 0.3) is 0 Å². The maximum Gasteiger partial charge on any atom is 0.234 e. The molecule has 3 rings (SSSR count). The first-order valence-corrected chi connectivity index (χ1v) is 10.4. The number of anilines is 2. The standard InChI is InChI=1S/C20H18FN3O3S2/c1-27-17-7-3-6-15(9-17)23-19(26)12-29-20-24-16(11-28-20)10-18(25)22-14-5-2-4-13(21)8-14/h2-9,11H,10,12H2,1H3,(H,22,25)(H,23,26). The lowest BCUT2D eigenvalue weighted by molar-refractivity contribution is -0.116. The summed E-state index contributed by atoms with van der Waals surface area (Å²) >= 11 is 2.66. The van der Waals surface area contributed by atoms with Crippen molar-refractivity contribution in [2.75, 3.05) is 23.5 Å². The molecule has 0 saturated heterocycles. The maximum absolute atomic E-state index is 13.2. The van der Waals surface area contributed by atoms with Gasteiger partial charge in [-0.05, 0) is 30.3 Å². The minimum absolute atomic E-state index is 0.0730. The number of ether oxygens (including phenoxy) is 1. The molecule has 0 fully saturated rings. The average molecular weight is 432 g/mol. The van der Waals surface area contributed by atoms with Gasteiger partial charge in [0.05, 0.1) is 25.0 Å². The van der Waals surface area contributed by atoms with Crippen LogP contribution in [0.2, 0.25) is 0 Å². The lowest BCUT2D eigenvalue weighted by atomic mass is 10.3. The van der Waals surface area contributed by atoms with Crippen molar-refractivity contribution in [2.45, 2.75) is 10.8 Å². The summed E-state index contributed by atoms with van der Waals surface area (Å²) in [5.41, 5.74) is 1.65. The van der Waals surface area contributed by atoms with Gasteiger partial charge in [-0.15, -0.1) is 11.3 Å². The molecule has 6 nitrogen and oxygen atoms in total. The predicted molar refractivity (Wildman–Crippen MR) is 113 cm³/mol. The molecule has 0 saturated carbocycles. The summed E-state index contributed by atoms with van der Waals surface area (Å²) in [5, 5.41) is 7.20. The van der Waals surface area contributed by atoms with Crippen LogP contribution in [0, 0.1) is 5.82 Å². The number of nitrogens with zero attached hydrogens (tertiary/aromatic N) is 1. The summed E-state index contributed by atoms with van der Waals surface area (Å²) in [6.07, 6.45) is 0.0730. The smallest absolute Gasteiger partial charge is 0.234 e. The summed E-state index contributed by atoms with van der Waals surface area (Å²) in [7, 11) is 1.56. The zero-order chi connectivity index (χ0) is 20.6. The molecule has 29 heavy (non-hydrogen) atoms. The minimum atomic E-state index is -0.414. The molecule has 150 valence electrons. The molecule has 1 aromatic heterocycles. The maximum atomic E-state index is 13.2. The Morgan fingerprint density at radius 3 is 2.59 bits per heavy atom. The van der Waals surface area contributed by atoms with Gasteiger partial charge in [0.1, 0.15) is 11.6 Å².